The molecule has 0 amide bonds. The Hall–Kier alpha value is -0.790. The van der Waals surface area contributed by atoms with Crippen LogP contribution in [-0.2, 0) is 0 Å². The number of rotatable bonds is 7. The molecule has 0 aromatic carbocycles. The monoisotopic (exact) mass is 196 g/mol. The van der Waals surface area contributed by atoms with Gasteiger partial charge in [0, 0.05) is 19.0 Å². The lowest BCUT2D eigenvalue weighted by atomic mass is 9.95. The van der Waals surface area contributed by atoms with E-state index in [9.17, 15) is 0 Å². The zero-order valence-electron chi connectivity index (χ0n) is 10.0. The minimum absolute atomic E-state index is 0.719. The molecule has 0 bridgehead atoms. The summed E-state index contributed by atoms with van der Waals surface area (Å²) in [5.74, 6) is 1.48. The summed E-state index contributed by atoms with van der Waals surface area (Å²) in [4.78, 5) is 0. The van der Waals surface area contributed by atoms with E-state index >= 15 is 0 Å². The highest BCUT2D eigenvalue weighted by Gasteiger charge is 2.10. The molecule has 0 aliphatic carbocycles. The highest BCUT2D eigenvalue weighted by Crippen LogP contribution is 2.16. The highest BCUT2D eigenvalue weighted by molar-refractivity contribution is 5.52. The van der Waals surface area contributed by atoms with Gasteiger partial charge in [-0.2, -0.15) is 5.10 Å². The van der Waals surface area contributed by atoms with E-state index in [4.69, 9.17) is 0 Å². The lowest BCUT2D eigenvalue weighted by Crippen LogP contribution is -2.21. The zero-order chi connectivity index (χ0) is 11.0. The van der Waals surface area contributed by atoms with Crippen LogP contribution in [0.1, 0.15) is 40.5 Å². The van der Waals surface area contributed by atoms with Crippen molar-refractivity contribution in [1.29, 1.82) is 0 Å². The number of hydrogen-bond donors (Lipinski definition) is 0. The summed E-state index contributed by atoms with van der Waals surface area (Å²) in [5, 5.41) is 6.16. The molecule has 0 saturated carbocycles. The molecule has 14 heavy (non-hydrogen) atoms. The average molecular weight is 196 g/mol. The standard InChI is InChI=1S/C12H24N2/c1-6-12(9-11(4)5)10-14(8-3)13-7-2/h7-8,11-12H,3,6,9-10H2,1-2,4-5H3/b13-7-. The predicted octanol–water partition coefficient (Wildman–Crippen LogP) is 3.51. The molecule has 0 aliphatic heterocycles. The second kappa shape index (κ2) is 7.60. The SMILES string of the molecule is C=CN(CC(CC)CC(C)C)/N=C\C. The Kier molecular flexibility index (Phi) is 7.17. The molecular weight excluding hydrogens is 172 g/mol. The molecule has 0 spiro atoms. The van der Waals surface area contributed by atoms with Crippen LogP contribution in [0.5, 0.6) is 0 Å². The van der Waals surface area contributed by atoms with E-state index in [1.807, 2.05) is 18.1 Å². The summed E-state index contributed by atoms with van der Waals surface area (Å²) in [6.45, 7) is 13.5. The third-order valence-corrected chi connectivity index (χ3v) is 2.30. The summed E-state index contributed by atoms with van der Waals surface area (Å²) in [7, 11) is 0. The topological polar surface area (TPSA) is 15.6 Å². The van der Waals surface area contributed by atoms with E-state index in [0.717, 1.165) is 18.4 Å². The quantitative estimate of drug-likeness (QED) is 0.449. The van der Waals surface area contributed by atoms with Crippen molar-refractivity contribution in [3.8, 4) is 0 Å². The lowest BCUT2D eigenvalue weighted by molar-refractivity contribution is 0.281. The molecule has 0 N–H and O–H groups in total. The molecule has 0 radical (unpaired) electrons. The number of nitrogens with zero attached hydrogens (tertiary/aromatic N) is 2. The molecule has 0 fully saturated rings. The molecule has 0 rings (SSSR count). The first kappa shape index (κ1) is 13.2. The van der Waals surface area contributed by atoms with Crippen LogP contribution in [0.15, 0.2) is 17.9 Å². The van der Waals surface area contributed by atoms with Gasteiger partial charge in [-0.1, -0.05) is 33.8 Å². The van der Waals surface area contributed by atoms with Gasteiger partial charge in [0.15, 0.2) is 0 Å². The van der Waals surface area contributed by atoms with E-state index in [2.05, 4.69) is 32.5 Å². The Bertz CT molecular complexity index is 173. The Labute approximate surface area is 88.7 Å². The molecule has 82 valence electrons. The first-order chi connectivity index (χ1) is 6.63. The molecule has 0 saturated heterocycles. The van der Waals surface area contributed by atoms with E-state index in [0.29, 0.717) is 0 Å². The number of hydrogen-bond acceptors (Lipinski definition) is 2. The molecule has 0 aliphatic rings. The molecule has 0 aromatic rings. The smallest absolute Gasteiger partial charge is 0.0436 e. The van der Waals surface area contributed by atoms with Crippen LogP contribution >= 0.6 is 0 Å². The Morgan fingerprint density at radius 3 is 2.43 bits per heavy atom. The molecule has 2 nitrogen and oxygen atoms in total. The Morgan fingerprint density at radius 2 is 2.07 bits per heavy atom. The van der Waals surface area contributed by atoms with Crippen LogP contribution in [0.2, 0.25) is 0 Å². The van der Waals surface area contributed by atoms with Crippen molar-refractivity contribution in [1.82, 2.24) is 5.01 Å². The van der Waals surface area contributed by atoms with Gasteiger partial charge in [-0.15, -0.1) is 0 Å². The summed E-state index contributed by atoms with van der Waals surface area (Å²) >= 11 is 0. The Balaban J connectivity index is 4.06. The van der Waals surface area contributed by atoms with Crippen molar-refractivity contribution in [3.05, 3.63) is 12.8 Å². The summed E-state index contributed by atoms with van der Waals surface area (Å²) in [5.41, 5.74) is 0. The van der Waals surface area contributed by atoms with Gasteiger partial charge in [-0.05, 0) is 25.2 Å². The van der Waals surface area contributed by atoms with Gasteiger partial charge >= 0.3 is 0 Å². The summed E-state index contributed by atoms with van der Waals surface area (Å²) < 4.78 is 0. The maximum absolute atomic E-state index is 4.23. The molecule has 1 unspecified atom stereocenters. The maximum Gasteiger partial charge on any atom is 0.0436 e. The third-order valence-electron chi connectivity index (χ3n) is 2.30. The average Bonchev–Trinajstić information content (AvgIpc) is 2.15. The van der Waals surface area contributed by atoms with Gasteiger partial charge in [-0.3, -0.25) is 5.01 Å². The largest absolute Gasteiger partial charge is 0.273 e. The van der Waals surface area contributed by atoms with E-state index < -0.39 is 0 Å². The first-order valence-corrected chi connectivity index (χ1v) is 5.51. The van der Waals surface area contributed by atoms with Crippen molar-refractivity contribution in [2.24, 2.45) is 16.9 Å². The zero-order valence-corrected chi connectivity index (χ0v) is 10.0. The minimum Gasteiger partial charge on any atom is -0.273 e. The van der Waals surface area contributed by atoms with Gasteiger partial charge in [0.05, 0.1) is 0 Å². The normalized spacial score (nSPS) is 13.5. The lowest BCUT2D eigenvalue weighted by Gasteiger charge is -2.22. The fourth-order valence-corrected chi connectivity index (χ4v) is 1.62. The first-order valence-electron chi connectivity index (χ1n) is 5.51. The van der Waals surface area contributed by atoms with Crippen LogP contribution in [0, 0.1) is 11.8 Å². The summed E-state index contributed by atoms with van der Waals surface area (Å²) in [6, 6.07) is 0. The number of hydrazone groups is 1. The van der Waals surface area contributed by atoms with E-state index in [1.54, 1.807) is 6.20 Å². The molecule has 0 aromatic heterocycles. The Morgan fingerprint density at radius 1 is 1.43 bits per heavy atom. The predicted molar refractivity (Wildman–Crippen MR) is 64.3 cm³/mol. The maximum atomic E-state index is 4.23. The summed E-state index contributed by atoms with van der Waals surface area (Å²) in [6.07, 6.45) is 6.08. The second-order valence-electron chi connectivity index (χ2n) is 4.08. The van der Waals surface area contributed by atoms with Crippen molar-refractivity contribution in [3.63, 3.8) is 0 Å². The van der Waals surface area contributed by atoms with Crippen molar-refractivity contribution in [2.45, 2.75) is 40.5 Å². The van der Waals surface area contributed by atoms with Gasteiger partial charge in [0.1, 0.15) is 0 Å². The van der Waals surface area contributed by atoms with Gasteiger partial charge < -0.3 is 0 Å². The van der Waals surface area contributed by atoms with Crippen LogP contribution in [0.25, 0.3) is 0 Å². The van der Waals surface area contributed by atoms with Crippen LogP contribution in [0.4, 0.5) is 0 Å². The van der Waals surface area contributed by atoms with E-state index in [1.165, 1.54) is 12.8 Å². The van der Waals surface area contributed by atoms with Gasteiger partial charge in [0.25, 0.3) is 0 Å². The molecule has 0 heterocycles. The molecule has 1 atom stereocenters. The highest BCUT2D eigenvalue weighted by atomic mass is 15.4. The fraction of sp³-hybridized carbons (Fsp3) is 0.750. The van der Waals surface area contributed by atoms with Crippen LogP contribution < -0.4 is 0 Å². The van der Waals surface area contributed by atoms with Gasteiger partial charge in [-0.25, -0.2) is 0 Å². The minimum atomic E-state index is 0.719. The van der Waals surface area contributed by atoms with Crippen molar-refractivity contribution < 1.29 is 0 Å². The molecular formula is C12H24N2. The van der Waals surface area contributed by atoms with Gasteiger partial charge in [0.2, 0.25) is 0 Å². The van der Waals surface area contributed by atoms with Crippen LogP contribution in [0.3, 0.4) is 0 Å². The van der Waals surface area contributed by atoms with E-state index in [-0.39, 0.29) is 0 Å². The van der Waals surface area contributed by atoms with Crippen molar-refractivity contribution in [2.75, 3.05) is 6.54 Å². The van der Waals surface area contributed by atoms with Crippen LogP contribution in [-0.4, -0.2) is 17.8 Å². The second-order valence-corrected chi connectivity index (χ2v) is 4.08. The third kappa shape index (κ3) is 5.79. The van der Waals surface area contributed by atoms with Crippen molar-refractivity contribution >= 4 is 6.21 Å². The fourth-order valence-electron chi connectivity index (χ4n) is 1.62. The molecule has 2 heteroatoms.